The molecule has 0 saturated carbocycles. The van der Waals surface area contributed by atoms with Gasteiger partial charge in [-0.2, -0.15) is 5.10 Å². The number of anilines is 1. The van der Waals surface area contributed by atoms with Gasteiger partial charge in [-0.25, -0.2) is 0 Å². The van der Waals surface area contributed by atoms with E-state index in [1.54, 1.807) is 10.9 Å². The van der Waals surface area contributed by atoms with Crippen LogP contribution in [-0.2, 0) is 11.8 Å². The number of aryl methyl sites for hydroxylation is 2. The lowest BCUT2D eigenvalue weighted by molar-refractivity contribution is -0.117. The number of carbonyl (C=O) groups excluding carboxylic acids is 1. The largest absolute Gasteiger partial charge is 0.467 e. The second kappa shape index (κ2) is 7.58. The average molecular weight is 352 g/mol. The molecule has 2 aromatic heterocycles. The monoisotopic (exact) mass is 352 g/mol. The maximum Gasteiger partial charge on any atom is 0.241 e. The van der Waals surface area contributed by atoms with Crippen molar-refractivity contribution in [3.63, 3.8) is 0 Å². The van der Waals surface area contributed by atoms with Gasteiger partial charge in [0.15, 0.2) is 0 Å². The van der Waals surface area contributed by atoms with Crippen molar-refractivity contribution >= 4 is 11.6 Å². The fourth-order valence-corrected chi connectivity index (χ4v) is 2.96. The smallest absolute Gasteiger partial charge is 0.241 e. The number of amides is 1. The van der Waals surface area contributed by atoms with E-state index < -0.39 is 6.04 Å². The summed E-state index contributed by atoms with van der Waals surface area (Å²) in [6.45, 7) is 5.66. The van der Waals surface area contributed by atoms with Gasteiger partial charge in [0, 0.05) is 7.05 Å². The number of hydrogen-bond donors (Lipinski definition) is 2. The minimum absolute atomic E-state index is 0.114. The van der Waals surface area contributed by atoms with Gasteiger partial charge in [-0.3, -0.25) is 14.8 Å². The van der Waals surface area contributed by atoms with Gasteiger partial charge in [0.1, 0.15) is 5.76 Å². The highest BCUT2D eigenvalue weighted by Gasteiger charge is 2.23. The summed E-state index contributed by atoms with van der Waals surface area (Å²) >= 11 is 0. The van der Waals surface area contributed by atoms with E-state index in [9.17, 15) is 4.79 Å². The summed E-state index contributed by atoms with van der Waals surface area (Å²) in [5.41, 5.74) is 3.53. The molecule has 0 aliphatic rings. The van der Waals surface area contributed by atoms with Crippen LogP contribution >= 0.6 is 0 Å². The highest BCUT2D eigenvalue weighted by molar-refractivity contribution is 5.95. The van der Waals surface area contributed by atoms with E-state index >= 15 is 0 Å². The third-order valence-electron chi connectivity index (χ3n) is 4.53. The van der Waals surface area contributed by atoms with Crippen LogP contribution in [0.4, 0.5) is 5.69 Å². The summed E-state index contributed by atoms with van der Waals surface area (Å²) < 4.78 is 7.35. The molecule has 0 aliphatic carbocycles. The normalized spacial score (nSPS) is 13.4. The van der Waals surface area contributed by atoms with Gasteiger partial charge < -0.3 is 9.73 Å². The van der Waals surface area contributed by atoms with Crippen molar-refractivity contribution in [3.05, 3.63) is 71.4 Å². The van der Waals surface area contributed by atoms with Gasteiger partial charge >= 0.3 is 0 Å². The van der Waals surface area contributed by atoms with E-state index in [2.05, 4.69) is 15.7 Å². The molecule has 136 valence electrons. The molecule has 0 bridgehead atoms. The molecule has 0 spiro atoms. The standard InChI is InChI=1S/C20H24N4O2/c1-13-18(15(3)24(4)23-13)22-20(25)14(2)21-19(17-11-8-12-26-17)16-9-6-5-7-10-16/h5-12,14,19,21H,1-4H3,(H,22,25)/t14-,19-/m0/s1. The van der Waals surface area contributed by atoms with E-state index in [0.717, 1.165) is 28.4 Å². The van der Waals surface area contributed by atoms with Crippen LogP contribution in [-0.4, -0.2) is 21.7 Å². The van der Waals surface area contributed by atoms with Crippen molar-refractivity contribution in [2.75, 3.05) is 5.32 Å². The Balaban J connectivity index is 1.77. The summed E-state index contributed by atoms with van der Waals surface area (Å²) in [5.74, 6) is 0.654. The number of furan rings is 1. The second-order valence-electron chi connectivity index (χ2n) is 6.41. The fraction of sp³-hybridized carbons (Fsp3) is 0.300. The number of aromatic nitrogens is 2. The van der Waals surface area contributed by atoms with Crippen LogP contribution < -0.4 is 10.6 Å². The van der Waals surface area contributed by atoms with Crippen LogP contribution in [0.2, 0.25) is 0 Å². The first-order valence-electron chi connectivity index (χ1n) is 8.63. The Kier molecular flexibility index (Phi) is 5.23. The topological polar surface area (TPSA) is 72.1 Å². The third-order valence-corrected chi connectivity index (χ3v) is 4.53. The van der Waals surface area contributed by atoms with Crippen molar-refractivity contribution in [2.45, 2.75) is 32.9 Å². The molecule has 0 saturated heterocycles. The minimum Gasteiger partial charge on any atom is -0.467 e. The molecule has 1 aromatic carbocycles. The first-order chi connectivity index (χ1) is 12.5. The first-order valence-corrected chi connectivity index (χ1v) is 8.63. The number of carbonyl (C=O) groups is 1. The lowest BCUT2D eigenvalue weighted by Crippen LogP contribution is -2.40. The molecule has 6 nitrogen and oxygen atoms in total. The molecule has 0 radical (unpaired) electrons. The van der Waals surface area contributed by atoms with Crippen molar-refractivity contribution < 1.29 is 9.21 Å². The zero-order chi connectivity index (χ0) is 18.7. The van der Waals surface area contributed by atoms with Crippen LogP contribution in [0.1, 0.15) is 35.7 Å². The van der Waals surface area contributed by atoms with Gasteiger partial charge in [-0.15, -0.1) is 0 Å². The molecule has 2 atom stereocenters. The van der Waals surface area contributed by atoms with Crippen LogP contribution in [0, 0.1) is 13.8 Å². The predicted octanol–water partition coefficient (Wildman–Crippen LogP) is 3.34. The van der Waals surface area contributed by atoms with Gasteiger partial charge in [-0.05, 0) is 38.5 Å². The molecule has 3 rings (SSSR count). The first kappa shape index (κ1) is 17.9. The van der Waals surface area contributed by atoms with Gasteiger partial charge in [0.05, 0.1) is 35.4 Å². The number of nitrogens with one attached hydrogen (secondary N) is 2. The number of nitrogens with zero attached hydrogens (tertiary/aromatic N) is 2. The Morgan fingerprint density at radius 1 is 1.15 bits per heavy atom. The van der Waals surface area contributed by atoms with Crippen LogP contribution in [0.15, 0.2) is 53.1 Å². The summed E-state index contributed by atoms with van der Waals surface area (Å²) in [4.78, 5) is 12.7. The Labute approximate surface area is 153 Å². The molecule has 26 heavy (non-hydrogen) atoms. The molecule has 0 unspecified atom stereocenters. The molecule has 0 fully saturated rings. The molecule has 2 heterocycles. The minimum atomic E-state index is -0.427. The lowest BCUT2D eigenvalue weighted by Gasteiger charge is -2.22. The van der Waals surface area contributed by atoms with Crippen molar-refractivity contribution in [1.82, 2.24) is 15.1 Å². The van der Waals surface area contributed by atoms with Gasteiger partial charge in [0.2, 0.25) is 5.91 Å². The molecule has 3 aromatic rings. The molecule has 6 heteroatoms. The van der Waals surface area contributed by atoms with E-state index in [1.807, 2.05) is 70.3 Å². The molecule has 0 aliphatic heterocycles. The number of rotatable bonds is 6. The van der Waals surface area contributed by atoms with E-state index in [1.165, 1.54) is 0 Å². The molecular formula is C20H24N4O2. The summed E-state index contributed by atoms with van der Waals surface area (Å²) in [6.07, 6.45) is 1.64. The average Bonchev–Trinajstić information content (AvgIpc) is 3.25. The lowest BCUT2D eigenvalue weighted by atomic mass is 10.0. The quantitative estimate of drug-likeness (QED) is 0.714. The van der Waals surface area contributed by atoms with E-state index in [-0.39, 0.29) is 11.9 Å². The fourth-order valence-electron chi connectivity index (χ4n) is 2.96. The Bertz CT molecular complexity index is 869. The Morgan fingerprint density at radius 2 is 1.88 bits per heavy atom. The summed E-state index contributed by atoms with van der Waals surface area (Å²) in [7, 11) is 1.86. The van der Waals surface area contributed by atoms with Crippen molar-refractivity contribution in [3.8, 4) is 0 Å². The molecular weight excluding hydrogens is 328 g/mol. The van der Waals surface area contributed by atoms with Gasteiger partial charge in [0.25, 0.3) is 0 Å². The molecule has 1 amide bonds. The maximum atomic E-state index is 12.7. The molecule has 2 N–H and O–H groups in total. The highest BCUT2D eigenvalue weighted by Crippen LogP contribution is 2.24. The van der Waals surface area contributed by atoms with Gasteiger partial charge in [-0.1, -0.05) is 30.3 Å². The maximum absolute atomic E-state index is 12.7. The number of hydrogen-bond acceptors (Lipinski definition) is 4. The Hall–Kier alpha value is -2.86. The second-order valence-corrected chi connectivity index (χ2v) is 6.41. The van der Waals surface area contributed by atoms with Crippen molar-refractivity contribution in [2.24, 2.45) is 7.05 Å². The predicted molar refractivity (Wildman–Crippen MR) is 101 cm³/mol. The number of benzene rings is 1. The van der Waals surface area contributed by atoms with Crippen LogP contribution in [0.5, 0.6) is 0 Å². The summed E-state index contributed by atoms with van der Waals surface area (Å²) in [6, 6.07) is 13.1. The van der Waals surface area contributed by atoms with Crippen molar-refractivity contribution in [1.29, 1.82) is 0 Å². The Morgan fingerprint density at radius 3 is 2.46 bits per heavy atom. The zero-order valence-electron chi connectivity index (χ0n) is 15.5. The SMILES string of the molecule is Cc1nn(C)c(C)c1NC(=O)[C@H](C)N[C@@H](c1ccccc1)c1ccco1. The highest BCUT2D eigenvalue weighted by atomic mass is 16.3. The summed E-state index contributed by atoms with van der Waals surface area (Å²) in [5, 5.41) is 10.7. The van der Waals surface area contributed by atoms with Crippen LogP contribution in [0.25, 0.3) is 0 Å². The zero-order valence-corrected chi connectivity index (χ0v) is 15.5. The van der Waals surface area contributed by atoms with Crippen LogP contribution in [0.3, 0.4) is 0 Å². The van der Waals surface area contributed by atoms with E-state index in [0.29, 0.717) is 0 Å². The van der Waals surface area contributed by atoms with E-state index in [4.69, 9.17) is 4.42 Å². The third kappa shape index (κ3) is 3.70.